The van der Waals surface area contributed by atoms with Crippen LogP contribution in [0.2, 0.25) is 0 Å². The first kappa shape index (κ1) is 23.1. The highest BCUT2D eigenvalue weighted by atomic mass is 32.1. The Morgan fingerprint density at radius 2 is 1.94 bits per heavy atom. The molecule has 1 aliphatic heterocycles. The molecule has 1 aliphatic rings. The molecule has 2 aromatic carbocycles. The van der Waals surface area contributed by atoms with Crippen LogP contribution < -0.4 is 10.1 Å². The van der Waals surface area contributed by atoms with Crippen molar-refractivity contribution < 1.29 is 9.53 Å². The predicted octanol–water partition coefficient (Wildman–Crippen LogP) is 5.83. The van der Waals surface area contributed by atoms with Gasteiger partial charge in [0, 0.05) is 31.4 Å². The Hall–Kier alpha value is -3.71. The van der Waals surface area contributed by atoms with Gasteiger partial charge >= 0.3 is 0 Å². The van der Waals surface area contributed by atoms with Gasteiger partial charge in [0.1, 0.15) is 11.6 Å². The van der Waals surface area contributed by atoms with Crippen LogP contribution in [0.4, 0.5) is 5.82 Å². The number of thiazole rings is 1. The number of nitrogens with one attached hydrogen (secondary N) is 1. The molecule has 35 heavy (non-hydrogen) atoms. The number of carbonyl (C=O) groups is 1. The van der Waals surface area contributed by atoms with Gasteiger partial charge in [-0.1, -0.05) is 18.2 Å². The van der Waals surface area contributed by atoms with Crippen molar-refractivity contribution in [2.75, 3.05) is 19.0 Å². The van der Waals surface area contributed by atoms with Crippen LogP contribution in [0.5, 0.6) is 5.75 Å². The van der Waals surface area contributed by atoms with Gasteiger partial charge in [-0.05, 0) is 78.4 Å². The SMILES string of the molecule is COc1ccc(CNc2ncc(/C=C3\CCCN(Cc4ccc5scnc5c4)C3=O)cc2C)cc1. The molecular formula is C28H28N4O2S. The van der Waals surface area contributed by atoms with Gasteiger partial charge in [-0.25, -0.2) is 9.97 Å². The van der Waals surface area contributed by atoms with E-state index in [-0.39, 0.29) is 5.91 Å². The van der Waals surface area contributed by atoms with Crippen LogP contribution in [0.25, 0.3) is 16.3 Å². The number of aromatic nitrogens is 2. The molecule has 0 saturated carbocycles. The second-order valence-corrected chi connectivity index (χ2v) is 9.68. The van der Waals surface area contributed by atoms with Crippen LogP contribution in [0.15, 0.2) is 65.8 Å². The molecule has 0 atom stereocenters. The number of hydrogen-bond acceptors (Lipinski definition) is 6. The number of nitrogens with zero attached hydrogens (tertiary/aromatic N) is 3. The molecule has 7 heteroatoms. The van der Waals surface area contributed by atoms with Gasteiger partial charge in [0.05, 0.1) is 22.8 Å². The number of ether oxygens (including phenoxy) is 1. The van der Waals surface area contributed by atoms with Crippen molar-refractivity contribution >= 4 is 39.4 Å². The van der Waals surface area contributed by atoms with Crippen molar-refractivity contribution in [2.24, 2.45) is 0 Å². The highest BCUT2D eigenvalue weighted by Gasteiger charge is 2.23. The third-order valence-electron chi connectivity index (χ3n) is 6.26. The van der Waals surface area contributed by atoms with E-state index in [2.05, 4.69) is 39.6 Å². The molecule has 178 valence electrons. The molecule has 0 radical (unpaired) electrons. The summed E-state index contributed by atoms with van der Waals surface area (Å²) in [6.07, 6.45) is 5.57. The molecular weight excluding hydrogens is 456 g/mol. The summed E-state index contributed by atoms with van der Waals surface area (Å²) in [5.41, 5.74) is 7.96. The third-order valence-corrected chi connectivity index (χ3v) is 7.07. The topological polar surface area (TPSA) is 67.3 Å². The van der Waals surface area contributed by atoms with Crippen LogP contribution in [0, 0.1) is 6.92 Å². The Labute approximate surface area is 209 Å². The second-order valence-electron chi connectivity index (χ2n) is 8.79. The van der Waals surface area contributed by atoms with Gasteiger partial charge in [-0.2, -0.15) is 0 Å². The third kappa shape index (κ3) is 5.35. The molecule has 4 aromatic rings. The molecule has 5 rings (SSSR count). The highest BCUT2D eigenvalue weighted by Crippen LogP contribution is 2.25. The molecule has 3 heterocycles. The number of fused-ring (bicyclic) bond motifs is 1. The van der Waals surface area contributed by atoms with E-state index in [0.29, 0.717) is 13.1 Å². The smallest absolute Gasteiger partial charge is 0.250 e. The van der Waals surface area contributed by atoms with E-state index in [1.807, 2.05) is 53.9 Å². The Morgan fingerprint density at radius 3 is 2.74 bits per heavy atom. The summed E-state index contributed by atoms with van der Waals surface area (Å²) in [5, 5.41) is 3.40. The Balaban J connectivity index is 1.25. The second kappa shape index (κ2) is 10.3. The number of aryl methyl sites for hydroxylation is 1. The number of methoxy groups -OCH3 is 1. The minimum absolute atomic E-state index is 0.106. The van der Waals surface area contributed by atoms with Crippen LogP contribution in [0.3, 0.4) is 0 Å². The molecule has 0 aliphatic carbocycles. The van der Waals surface area contributed by atoms with E-state index in [4.69, 9.17) is 4.74 Å². The number of anilines is 1. The lowest BCUT2D eigenvalue weighted by Crippen LogP contribution is -2.36. The number of carbonyl (C=O) groups excluding carboxylic acids is 1. The largest absolute Gasteiger partial charge is 0.497 e. The van der Waals surface area contributed by atoms with Gasteiger partial charge in [0.2, 0.25) is 5.91 Å². The predicted molar refractivity (Wildman–Crippen MR) is 142 cm³/mol. The van der Waals surface area contributed by atoms with E-state index in [1.165, 1.54) is 4.70 Å². The summed E-state index contributed by atoms with van der Waals surface area (Å²) in [4.78, 5) is 24.2. The summed E-state index contributed by atoms with van der Waals surface area (Å²) in [5.74, 6) is 1.79. The van der Waals surface area contributed by atoms with Crippen molar-refractivity contribution in [3.63, 3.8) is 0 Å². The molecule has 2 aromatic heterocycles. The minimum Gasteiger partial charge on any atom is -0.497 e. The molecule has 6 nitrogen and oxygen atoms in total. The number of benzene rings is 2. The number of pyridine rings is 1. The normalized spacial score (nSPS) is 15.1. The first-order valence-corrected chi connectivity index (χ1v) is 12.6. The number of piperidine rings is 1. The fourth-order valence-corrected chi connectivity index (χ4v) is 5.03. The molecule has 1 fully saturated rings. The zero-order valence-corrected chi connectivity index (χ0v) is 20.8. The molecule has 1 saturated heterocycles. The summed E-state index contributed by atoms with van der Waals surface area (Å²) in [6, 6.07) is 16.3. The molecule has 0 bridgehead atoms. The standard InChI is InChI=1S/C28H28N4O2S/c1-19-12-22(16-30-27(19)29-15-20-5-8-24(34-2)9-6-20)13-23-4-3-11-32(28(23)33)17-21-7-10-26-25(14-21)31-18-35-26/h5-10,12-14,16,18H,3-4,11,15,17H2,1-2H3,(H,29,30)/b23-13+. The van der Waals surface area contributed by atoms with Crippen LogP contribution in [-0.4, -0.2) is 34.4 Å². The first-order valence-electron chi connectivity index (χ1n) is 11.7. The fraction of sp³-hybridized carbons (Fsp3) is 0.250. The number of rotatable bonds is 7. The van der Waals surface area contributed by atoms with Crippen molar-refractivity contribution in [3.8, 4) is 5.75 Å². The van der Waals surface area contributed by atoms with E-state index in [9.17, 15) is 4.79 Å². The summed E-state index contributed by atoms with van der Waals surface area (Å²) in [6.45, 7) is 4.10. The molecule has 1 N–H and O–H groups in total. The fourth-order valence-electron chi connectivity index (χ4n) is 4.37. The zero-order chi connectivity index (χ0) is 24.2. The van der Waals surface area contributed by atoms with Gasteiger partial charge in [0.15, 0.2) is 0 Å². The van der Waals surface area contributed by atoms with Crippen LogP contribution >= 0.6 is 11.3 Å². The highest BCUT2D eigenvalue weighted by molar-refractivity contribution is 7.16. The lowest BCUT2D eigenvalue weighted by Gasteiger charge is -2.28. The van der Waals surface area contributed by atoms with Gasteiger partial charge in [0.25, 0.3) is 0 Å². The molecule has 0 spiro atoms. The van der Waals surface area contributed by atoms with Gasteiger partial charge in [-0.15, -0.1) is 11.3 Å². The number of hydrogen-bond donors (Lipinski definition) is 1. The van der Waals surface area contributed by atoms with E-state index in [1.54, 1.807) is 18.4 Å². The summed E-state index contributed by atoms with van der Waals surface area (Å²) < 4.78 is 6.39. The van der Waals surface area contributed by atoms with Crippen molar-refractivity contribution in [1.29, 1.82) is 0 Å². The van der Waals surface area contributed by atoms with Crippen molar-refractivity contribution in [2.45, 2.75) is 32.9 Å². The van der Waals surface area contributed by atoms with Crippen LogP contribution in [-0.2, 0) is 17.9 Å². The number of likely N-dealkylation sites (tertiary alicyclic amines) is 1. The van der Waals surface area contributed by atoms with E-state index >= 15 is 0 Å². The summed E-state index contributed by atoms with van der Waals surface area (Å²) >= 11 is 1.63. The number of amides is 1. The van der Waals surface area contributed by atoms with Gasteiger partial charge < -0.3 is 15.0 Å². The average Bonchev–Trinajstić information content (AvgIpc) is 3.34. The first-order chi connectivity index (χ1) is 17.1. The maximum Gasteiger partial charge on any atom is 0.250 e. The Kier molecular flexibility index (Phi) is 6.77. The van der Waals surface area contributed by atoms with Crippen molar-refractivity contribution in [3.05, 3.63) is 88.1 Å². The Bertz CT molecular complexity index is 1380. The van der Waals surface area contributed by atoms with Crippen molar-refractivity contribution in [1.82, 2.24) is 14.9 Å². The molecule has 0 unspecified atom stereocenters. The quantitative estimate of drug-likeness (QED) is 0.335. The summed E-state index contributed by atoms with van der Waals surface area (Å²) in [7, 11) is 1.67. The van der Waals surface area contributed by atoms with E-state index < -0.39 is 0 Å². The lowest BCUT2D eigenvalue weighted by atomic mass is 10.00. The Morgan fingerprint density at radius 1 is 1.11 bits per heavy atom. The average molecular weight is 485 g/mol. The van der Waals surface area contributed by atoms with E-state index in [0.717, 1.165) is 64.3 Å². The monoisotopic (exact) mass is 484 g/mol. The zero-order valence-electron chi connectivity index (χ0n) is 20.0. The minimum atomic E-state index is 0.106. The molecule has 1 amide bonds. The van der Waals surface area contributed by atoms with Crippen LogP contribution in [0.1, 0.15) is 35.1 Å². The lowest BCUT2D eigenvalue weighted by molar-refractivity contribution is -0.129. The van der Waals surface area contributed by atoms with Gasteiger partial charge in [-0.3, -0.25) is 4.79 Å². The maximum atomic E-state index is 13.2. The maximum absolute atomic E-state index is 13.2.